The smallest absolute Gasteiger partial charge is 0.0540 e. The van der Waals surface area contributed by atoms with Crippen molar-refractivity contribution in [3.8, 4) is 44.5 Å². The molecule has 73 heavy (non-hydrogen) atoms. The van der Waals surface area contributed by atoms with Gasteiger partial charge in [0.1, 0.15) is 0 Å². The Bertz CT molecular complexity index is 3990. The first kappa shape index (κ1) is 44.7. The predicted molar refractivity (Wildman–Crippen MR) is 312 cm³/mol. The van der Waals surface area contributed by atoms with E-state index in [0.717, 1.165) is 45.3 Å². The third kappa shape index (κ3) is 9.34. The molecule has 0 unspecified atom stereocenters. The second-order valence-electron chi connectivity index (χ2n) is 18.6. The minimum Gasteiger partial charge on any atom is -0.313 e. The highest BCUT2D eigenvalue weighted by molar-refractivity contribution is 6.00. The van der Waals surface area contributed by atoms with E-state index in [1.54, 1.807) is 0 Å². The summed E-state index contributed by atoms with van der Waals surface area (Å²) in [5.41, 5.74) is 17.5. The lowest BCUT2D eigenvalue weighted by Crippen LogP contribution is -2.24. The zero-order chi connectivity index (χ0) is 48.9. The van der Waals surface area contributed by atoms with Crippen molar-refractivity contribution in [1.29, 1.82) is 0 Å². The number of hydrogen-bond acceptors (Lipinski definition) is 2. The molecule has 346 valence electrons. The van der Waals surface area contributed by atoms with E-state index >= 15 is 0 Å². The van der Waals surface area contributed by atoms with Gasteiger partial charge >= 0.3 is 0 Å². The number of rotatable bonds is 11. The molecule has 1 aliphatic rings. The molecule has 0 N–H and O–H groups in total. The van der Waals surface area contributed by atoms with E-state index in [9.17, 15) is 0 Å². The summed E-state index contributed by atoms with van der Waals surface area (Å²) < 4.78 is 0. The zero-order valence-electron chi connectivity index (χ0n) is 40.5. The molecule has 0 saturated heterocycles. The molecule has 2 heteroatoms. The normalized spacial score (nSPS) is 13.1. The van der Waals surface area contributed by atoms with Gasteiger partial charge in [-0.1, -0.05) is 231 Å². The van der Waals surface area contributed by atoms with Crippen LogP contribution in [0.15, 0.2) is 296 Å². The van der Waals surface area contributed by atoms with Gasteiger partial charge in [-0.3, -0.25) is 0 Å². The Kier molecular flexibility index (Phi) is 12.3. The Morgan fingerprint density at radius 2 is 0.767 bits per heavy atom. The highest BCUT2D eigenvalue weighted by Gasteiger charge is 2.20. The monoisotopic (exact) mass is 932 g/mol. The van der Waals surface area contributed by atoms with Crippen molar-refractivity contribution in [2.75, 3.05) is 9.80 Å². The van der Waals surface area contributed by atoms with E-state index in [1.807, 2.05) is 0 Å². The van der Waals surface area contributed by atoms with Crippen LogP contribution in [0, 0.1) is 0 Å². The first-order chi connectivity index (χ1) is 36.1. The molecule has 0 amide bonds. The van der Waals surface area contributed by atoms with Gasteiger partial charge in [-0.25, -0.2) is 0 Å². The fourth-order valence-corrected chi connectivity index (χ4v) is 10.3. The second kappa shape index (κ2) is 20.1. The number of benzene rings is 11. The standard InChI is InChI=1S/C71H52N2/c1-51-35-42-67(73(71-34-16-25-58-23-9-11-32-69(58)71)65-45-40-56(41-46-65)63-29-14-27-61(49-63)54-20-6-3-7-21-54)50-59(51)37-36-52-17-12-30-66(47-52)72(70-33-15-24-57-22-8-10-31-68(57)70)64-43-38-55(39-44-64)62-28-13-26-60(48-62)53-18-4-2-5-19-53/h2-46,48-50H,1,47H2/b52-36+,59-37-. The van der Waals surface area contributed by atoms with Crippen molar-refractivity contribution >= 4 is 62.6 Å². The Morgan fingerprint density at radius 1 is 0.342 bits per heavy atom. The van der Waals surface area contributed by atoms with Crippen LogP contribution in [-0.4, -0.2) is 0 Å². The van der Waals surface area contributed by atoms with Gasteiger partial charge in [0, 0.05) is 40.0 Å². The van der Waals surface area contributed by atoms with Crippen molar-refractivity contribution < 1.29 is 0 Å². The van der Waals surface area contributed by atoms with E-state index in [-0.39, 0.29) is 0 Å². The fourth-order valence-electron chi connectivity index (χ4n) is 10.3. The van der Waals surface area contributed by atoms with Crippen LogP contribution in [0.1, 0.15) is 6.42 Å². The molecule has 2 nitrogen and oxygen atoms in total. The zero-order valence-corrected chi connectivity index (χ0v) is 40.5. The molecular formula is C71H52N2. The van der Waals surface area contributed by atoms with Crippen LogP contribution in [0.5, 0.6) is 0 Å². The molecule has 0 spiro atoms. The third-order valence-corrected chi connectivity index (χ3v) is 14.0. The van der Waals surface area contributed by atoms with Gasteiger partial charge in [-0.2, -0.15) is 0 Å². The summed E-state index contributed by atoms with van der Waals surface area (Å²) in [7, 11) is 0. The van der Waals surface area contributed by atoms with Gasteiger partial charge in [-0.05, 0) is 138 Å². The van der Waals surface area contributed by atoms with Crippen LogP contribution in [0.2, 0.25) is 0 Å². The topological polar surface area (TPSA) is 6.48 Å². The van der Waals surface area contributed by atoms with E-state index in [0.29, 0.717) is 0 Å². The van der Waals surface area contributed by atoms with Crippen LogP contribution in [0.4, 0.5) is 28.4 Å². The summed E-state index contributed by atoms with van der Waals surface area (Å²) in [6.07, 6.45) is 11.9. The van der Waals surface area contributed by atoms with E-state index < -0.39 is 0 Å². The van der Waals surface area contributed by atoms with Crippen LogP contribution in [0.3, 0.4) is 0 Å². The largest absolute Gasteiger partial charge is 0.313 e. The molecule has 0 aliphatic heterocycles. The molecule has 0 heterocycles. The van der Waals surface area contributed by atoms with Crippen LogP contribution in [0.25, 0.3) is 78.7 Å². The highest BCUT2D eigenvalue weighted by Crippen LogP contribution is 2.41. The van der Waals surface area contributed by atoms with Crippen LogP contribution < -0.4 is 20.2 Å². The molecule has 0 saturated carbocycles. The molecule has 1 aliphatic carbocycles. The quantitative estimate of drug-likeness (QED) is 0.128. The minimum atomic E-state index is 0.742. The Morgan fingerprint density at radius 3 is 1.32 bits per heavy atom. The Hall–Kier alpha value is -9.50. The fraction of sp³-hybridized carbons (Fsp3) is 0.0141. The second-order valence-corrected chi connectivity index (χ2v) is 18.6. The third-order valence-electron chi connectivity index (χ3n) is 14.0. The summed E-state index contributed by atoms with van der Waals surface area (Å²) >= 11 is 0. The lowest BCUT2D eigenvalue weighted by Gasteiger charge is -2.30. The number of allylic oxidation sites excluding steroid dienone is 5. The summed E-state index contributed by atoms with van der Waals surface area (Å²) in [5, 5.41) is 6.82. The SMILES string of the molecule is C=c1ccc(N(c2ccc(-c3cccc(-c4ccccc4)c3)cc2)c2cccc3ccccc23)c/c1=C/C=C1\C=CC=C(N(c2ccc(-c3cccc(-c4ccccc4)c3)cc2)c2cccc3ccccc23)C1. The molecule has 0 radical (unpaired) electrons. The molecule has 0 aromatic heterocycles. The van der Waals surface area contributed by atoms with Gasteiger partial charge in [-0.15, -0.1) is 0 Å². The number of nitrogens with zero attached hydrogens (tertiary/aromatic N) is 2. The van der Waals surface area contributed by atoms with Gasteiger partial charge in [0.15, 0.2) is 0 Å². The number of anilines is 5. The van der Waals surface area contributed by atoms with Crippen LogP contribution >= 0.6 is 0 Å². The molecule has 11 aromatic carbocycles. The van der Waals surface area contributed by atoms with Crippen molar-refractivity contribution in [1.82, 2.24) is 0 Å². The molecule has 0 bridgehead atoms. The maximum absolute atomic E-state index is 4.54. The first-order valence-electron chi connectivity index (χ1n) is 25.0. The van der Waals surface area contributed by atoms with Crippen molar-refractivity contribution in [3.63, 3.8) is 0 Å². The molecule has 11 aromatic rings. The molecular weight excluding hydrogens is 881 g/mol. The lowest BCUT2D eigenvalue weighted by molar-refractivity contribution is 1.04. The Balaban J connectivity index is 0.886. The van der Waals surface area contributed by atoms with E-state index in [2.05, 4.69) is 308 Å². The molecule has 12 rings (SSSR count). The maximum Gasteiger partial charge on any atom is 0.0540 e. The van der Waals surface area contributed by atoms with Gasteiger partial charge in [0.05, 0.1) is 11.4 Å². The Labute approximate surface area is 428 Å². The van der Waals surface area contributed by atoms with Gasteiger partial charge < -0.3 is 9.80 Å². The maximum atomic E-state index is 4.54. The van der Waals surface area contributed by atoms with E-state index in [1.165, 1.54) is 77.3 Å². The van der Waals surface area contributed by atoms with Crippen molar-refractivity contribution in [2.24, 2.45) is 0 Å². The van der Waals surface area contributed by atoms with Gasteiger partial charge in [0.25, 0.3) is 0 Å². The van der Waals surface area contributed by atoms with Crippen molar-refractivity contribution in [2.45, 2.75) is 6.42 Å². The van der Waals surface area contributed by atoms with Gasteiger partial charge in [0.2, 0.25) is 0 Å². The summed E-state index contributed by atoms with van der Waals surface area (Å²) in [6.45, 7) is 4.54. The van der Waals surface area contributed by atoms with Crippen LogP contribution in [-0.2, 0) is 0 Å². The van der Waals surface area contributed by atoms with Crippen molar-refractivity contribution in [3.05, 3.63) is 307 Å². The average molecular weight is 933 g/mol. The summed E-state index contributed by atoms with van der Waals surface area (Å²) in [4.78, 5) is 4.82. The number of fused-ring (bicyclic) bond motifs is 2. The average Bonchev–Trinajstić information content (AvgIpc) is 3.46. The minimum absolute atomic E-state index is 0.742. The first-order valence-corrected chi connectivity index (χ1v) is 25.0. The lowest BCUT2D eigenvalue weighted by atomic mass is 9.98. The highest BCUT2D eigenvalue weighted by atomic mass is 15.2. The predicted octanol–water partition coefficient (Wildman–Crippen LogP) is 17.9. The molecule has 0 atom stereocenters. The summed E-state index contributed by atoms with van der Waals surface area (Å²) in [6, 6.07) is 93.9. The number of hydrogen-bond donors (Lipinski definition) is 0. The summed E-state index contributed by atoms with van der Waals surface area (Å²) in [5.74, 6) is 0. The molecule has 0 fully saturated rings. The van der Waals surface area contributed by atoms with E-state index in [4.69, 9.17) is 0 Å².